The van der Waals surface area contributed by atoms with Gasteiger partial charge in [0.05, 0.1) is 18.1 Å². The quantitative estimate of drug-likeness (QED) is 0.555. The van der Waals surface area contributed by atoms with Crippen LogP contribution in [0.4, 0.5) is 18.9 Å². The van der Waals surface area contributed by atoms with Gasteiger partial charge in [0.25, 0.3) is 5.91 Å². The van der Waals surface area contributed by atoms with E-state index < -0.39 is 41.5 Å². The van der Waals surface area contributed by atoms with Crippen molar-refractivity contribution < 1.29 is 37.0 Å². The third kappa shape index (κ3) is 5.44. The summed E-state index contributed by atoms with van der Waals surface area (Å²) in [5, 5.41) is 2.52. The minimum atomic E-state index is -4.54. The lowest BCUT2D eigenvalue weighted by Gasteiger charge is -2.19. The maximum Gasteiger partial charge on any atom is 0.416 e. The van der Waals surface area contributed by atoms with Gasteiger partial charge in [0, 0.05) is 32.3 Å². The summed E-state index contributed by atoms with van der Waals surface area (Å²) < 4.78 is 48.5. The monoisotopic (exact) mass is 402 g/mol. The van der Waals surface area contributed by atoms with E-state index in [0.717, 1.165) is 17.0 Å². The van der Waals surface area contributed by atoms with E-state index in [1.165, 1.54) is 26.2 Å². The molecule has 1 aromatic rings. The van der Waals surface area contributed by atoms with Gasteiger partial charge in [0.1, 0.15) is 0 Å². The molecule has 1 aliphatic rings. The zero-order valence-electron chi connectivity index (χ0n) is 15.4. The van der Waals surface area contributed by atoms with Crippen LogP contribution in [-0.2, 0) is 30.0 Å². The lowest BCUT2D eigenvalue weighted by atomic mass is 10.1. The van der Waals surface area contributed by atoms with Crippen LogP contribution in [0.15, 0.2) is 24.3 Å². The van der Waals surface area contributed by atoms with Gasteiger partial charge < -0.3 is 19.7 Å². The van der Waals surface area contributed by atoms with Crippen LogP contribution >= 0.6 is 0 Å². The van der Waals surface area contributed by atoms with Gasteiger partial charge in [-0.1, -0.05) is 6.07 Å². The van der Waals surface area contributed by atoms with Crippen LogP contribution in [-0.4, -0.2) is 50.7 Å². The zero-order valence-corrected chi connectivity index (χ0v) is 15.4. The molecule has 10 heteroatoms. The molecule has 0 saturated carbocycles. The summed E-state index contributed by atoms with van der Waals surface area (Å²) in [4.78, 5) is 37.4. The molecule has 0 aromatic heterocycles. The second kappa shape index (κ2) is 9.05. The molecule has 2 atom stereocenters. The van der Waals surface area contributed by atoms with Gasteiger partial charge >= 0.3 is 12.1 Å². The maximum absolute atomic E-state index is 12.9. The summed E-state index contributed by atoms with van der Waals surface area (Å²) in [5.74, 6) is -2.61. The van der Waals surface area contributed by atoms with Crippen molar-refractivity contribution in [1.82, 2.24) is 5.32 Å². The Balaban J connectivity index is 1.98. The summed E-state index contributed by atoms with van der Waals surface area (Å²) in [7, 11) is 1.48. The van der Waals surface area contributed by atoms with Crippen LogP contribution in [0.1, 0.15) is 18.9 Å². The minimum absolute atomic E-state index is 0.0560. The molecule has 154 valence electrons. The number of alkyl halides is 3. The first kappa shape index (κ1) is 21.7. The number of nitrogens with one attached hydrogen (secondary N) is 1. The molecule has 1 aromatic carbocycles. The molecule has 0 unspecified atom stereocenters. The van der Waals surface area contributed by atoms with Crippen molar-refractivity contribution in [2.45, 2.75) is 25.6 Å². The average molecular weight is 402 g/mol. The molecule has 1 aliphatic heterocycles. The van der Waals surface area contributed by atoms with E-state index >= 15 is 0 Å². The number of methoxy groups -OCH3 is 1. The number of benzene rings is 1. The number of ether oxygens (including phenoxy) is 2. The molecule has 1 N–H and O–H groups in total. The highest BCUT2D eigenvalue weighted by Gasteiger charge is 2.38. The molecule has 0 aliphatic carbocycles. The number of hydrogen-bond acceptors (Lipinski definition) is 5. The Hall–Kier alpha value is -2.62. The highest BCUT2D eigenvalue weighted by atomic mass is 19.4. The van der Waals surface area contributed by atoms with Crippen molar-refractivity contribution in [3.05, 3.63) is 29.8 Å². The number of nitrogens with zero attached hydrogens (tertiary/aromatic N) is 1. The third-order valence-corrected chi connectivity index (χ3v) is 4.21. The van der Waals surface area contributed by atoms with Crippen LogP contribution < -0.4 is 10.2 Å². The first-order valence-electron chi connectivity index (χ1n) is 8.58. The molecular weight excluding hydrogens is 381 g/mol. The van der Waals surface area contributed by atoms with Crippen molar-refractivity contribution in [2.75, 3.05) is 31.7 Å². The van der Waals surface area contributed by atoms with E-state index in [-0.39, 0.29) is 25.2 Å². The Morgan fingerprint density at radius 1 is 1.36 bits per heavy atom. The molecule has 7 nitrogen and oxygen atoms in total. The van der Waals surface area contributed by atoms with Crippen LogP contribution in [0, 0.1) is 5.92 Å². The SMILES string of the molecule is COCCNC(=O)[C@@H](C)OC(=O)[C@H]1CC(=O)N(c2cccc(C(F)(F)F)c2)C1. The van der Waals surface area contributed by atoms with Gasteiger partial charge in [-0.25, -0.2) is 0 Å². The fourth-order valence-corrected chi connectivity index (χ4v) is 2.71. The van der Waals surface area contributed by atoms with E-state index in [9.17, 15) is 27.6 Å². The van der Waals surface area contributed by atoms with E-state index in [1.54, 1.807) is 0 Å². The number of amides is 2. The van der Waals surface area contributed by atoms with E-state index in [0.29, 0.717) is 6.61 Å². The summed E-state index contributed by atoms with van der Waals surface area (Å²) in [6.45, 7) is 1.83. The summed E-state index contributed by atoms with van der Waals surface area (Å²) in [5.41, 5.74) is -0.828. The van der Waals surface area contributed by atoms with Crippen LogP contribution in [0.3, 0.4) is 0 Å². The molecule has 1 saturated heterocycles. The first-order chi connectivity index (χ1) is 13.1. The molecule has 0 bridgehead atoms. The number of anilines is 1. The molecule has 1 heterocycles. The zero-order chi connectivity index (χ0) is 20.9. The summed E-state index contributed by atoms with van der Waals surface area (Å²) >= 11 is 0. The standard InChI is InChI=1S/C18H21F3N2O5/c1-11(16(25)22-6-7-27-2)28-17(26)12-8-15(24)23(10-12)14-5-3-4-13(9-14)18(19,20)21/h3-5,9,11-12H,6-8,10H2,1-2H3,(H,22,25)/t11-,12+/m1/s1. The van der Waals surface area contributed by atoms with Crippen molar-refractivity contribution in [3.8, 4) is 0 Å². The van der Waals surface area contributed by atoms with Gasteiger partial charge in [-0.05, 0) is 25.1 Å². The van der Waals surface area contributed by atoms with E-state index in [4.69, 9.17) is 9.47 Å². The topological polar surface area (TPSA) is 84.9 Å². The highest BCUT2D eigenvalue weighted by molar-refractivity contribution is 5.99. The third-order valence-electron chi connectivity index (χ3n) is 4.21. The molecule has 28 heavy (non-hydrogen) atoms. The van der Waals surface area contributed by atoms with Gasteiger partial charge in [0.2, 0.25) is 5.91 Å². The van der Waals surface area contributed by atoms with Crippen molar-refractivity contribution in [3.63, 3.8) is 0 Å². The number of halogens is 3. The van der Waals surface area contributed by atoms with E-state index in [2.05, 4.69) is 5.32 Å². The van der Waals surface area contributed by atoms with Gasteiger partial charge in [-0.2, -0.15) is 13.2 Å². The van der Waals surface area contributed by atoms with Crippen molar-refractivity contribution >= 4 is 23.5 Å². The predicted octanol–water partition coefficient (Wildman–Crippen LogP) is 1.75. The molecule has 0 spiro atoms. The second-order valence-electron chi connectivity index (χ2n) is 6.32. The van der Waals surface area contributed by atoms with Gasteiger partial charge in [0.15, 0.2) is 6.10 Å². The smallest absolute Gasteiger partial charge is 0.416 e. The number of carbonyl (C=O) groups is 3. The number of carbonyl (C=O) groups excluding carboxylic acids is 3. The van der Waals surface area contributed by atoms with Crippen LogP contribution in [0.2, 0.25) is 0 Å². The van der Waals surface area contributed by atoms with Crippen molar-refractivity contribution in [2.24, 2.45) is 5.92 Å². The van der Waals surface area contributed by atoms with E-state index in [1.807, 2.05) is 0 Å². The highest BCUT2D eigenvalue weighted by Crippen LogP contribution is 2.33. The fourth-order valence-electron chi connectivity index (χ4n) is 2.71. The second-order valence-corrected chi connectivity index (χ2v) is 6.32. The Bertz CT molecular complexity index is 738. The van der Waals surface area contributed by atoms with Crippen LogP contribution in [0.25, 0.3) is 0 Å². The average Bonchev–Trinajstić information content (AvgIpc) is 3.03. The molecule has 0 radical (unpaired) electrons. The van der Waals surface area contributed by atoms with Crippen molar-refractivity contribution in [1.29, 1.82) is 0 Å². The first-order valence-corrected chi connectivity index (χ1v) is 8.58. The molecule has 2 amide bonds. The lowest BCUT2D eigenvalue weighted by molar-refractivity contribution is -0.158. The summed E-state index contributed by atoms with van der Waals surface area (Å²) in [6.07, 6.45) is -5.81. The fraction of sp³-hybridized carbons (Fsp3) is 0.500. The predicted molar refractivity (Wildman–Crippen MR) is 92.3 cm³/mol. The van der Waals surface area contributed by atoms with Gasteiger partial charge in [-0.3, -0.25) is 14.4 Å². The largest absolute Gasteiger partial charge is 0.452 e. The maximum atomic E-state index is 12.9. The Morgan fingerprint density at radius 2 is 2.07 bits per heavy atom. The number of hydrogen-bond donors (Lipinski definition) is 1. The molecule has 2 rings (SSSR count). The minimum Gasteiger partial charge on any atom is -0.452 e. The molecule has 1 fully saturated rings. The molecular formula is C18H21F3N2O5. The Kier molecular flexibility index (Phi) is 7.00. The Morgan fingerprint density at radius 3 is 2.71 bits per heavy atom. The van der Waals surface area contributed by atoms with Gasteiger partial charge in [-0.15, -0.1) is 0 Å². The lowest BCUT2D eigenvalue weighted by Crippen LogP contribution is -2.38. The van der Waals surface area contributed by atoms with Crippen LogP contribution in [0.5, 0.6) is 0 Å². The number of rotatable bonds is 7. The Labute approximate surface area is 159 Å². The summed E-state index contributed by atoms with van der Waals surface area (Å²) in [6, 6.07) is 4.33. The normalized spacial score (nSPS) is 18.1. The number of esters is 1.